The first-order chi connectivity index (χ1) is 8.97. The number of benzene rings is 1. The molecule has 0 saturated carbocycles. The largest absolute Gasteiger partial charge is 0.480 e. The van der Waals surface area contributed by atoms with Crippen LogP contribution in [0.25, 0.3) is 0 Å². The average molecular weight is 265 g/mol. The minimum atomic E-state index is -1.05. The maximum Gasteiger partial charge on any atom is 0.326 e. The summed E-state index contributed by atoms with van der Waals surface area (Å²) in [4.78, 5) is 23.2. The Hall–Kier alpha value is -1.88. The summed E-state index contributed by atoms with van der Waals surface area (Å²) in [5.74, 6) is -1.70. The van der Waals surface area contributed by atoms with Gasteiger partial charge in [-0.2, -0.15) is 0 Å². The molecule has 0 aromatic heterocycles. The number of amides is 1. The number of rotatable bonds is 6. The van der Waals surface area contributed by atoms with Crippen molar-refractivity contribution in [2.45, 2.75) is 26.0 Å². The Labute approximate surface area is 112 Å². The van der Waals surface area contributed by atoms with E-state index >= 15 is 0 Å². The summed E-state index contributed by atoms with van der Waals surface area (Å²) in [6, 6.07) is 8.03. The number of aliphatic carboxylic acids is 1. The molecule has 0 aliphatic heterocycles. The van der Waals surface area contributed by atoms with E-state index in [1.54, 1.807) is 38.1 Å². The van der Waals surface area contributed by atoms with E-state index in [1.807, 2.05) is 6.07 Å². The van der Waals surface area contributed by atoms with Crippen molar-refractivity contribution in [2.24, 2.45) is 5.92 Å². The summed E-state index contributed by atoms with van der Waals surface area (Å²) in [7, 11) is 1.42. The van der Waals surface area contributed by atoms with Crippen LogP contribution in [-0.4, -0.2) is 30.1 Å². The standard InChI is InChI=1S/C14H19NO4/c1-9(2)11(14(17)18)15-13(16)12(19-3)10-7-5-4-6-8-10/h4-9,11-12H,1-3H3,(H,15,16)(H,17,18)/t11?,12-/m1/s1. The third-order valence-corrected chi connectivity index (χ3v) is 2.81. The second-order valence-corrected chi connectivity index (χ2v) is 4.59. The summed E-state index contributed by atoms with van der Waals surface area (Å²) in [6.07, 6.45) is -0.804. The number of ether oxygens (including phenoxy) is 1. The fourth-order valence-electron chi connectivity index (χ4n) is 1.76. The molecule has 0 radical (unpaired) electrons. The third kappa shape index (κ3) is 4.06. The second kappa shape index (κ2) is 6.89. The molecule has 1 aromatic rings. The number of hydrogen-bond donors (Lipinski definition) is 2. The Morgan fingerprint density at radius 2 is 1.79 bits per heavy atom. The van der Waals surface area contributed by atoms with Crippen molar-refractivity contribution in [3.05, 3.63) is 35.9 Å². The number of carboxylic acid groups (broad SMARTS) is 1. The van der Waals surface area contributed by atoms with Crippen LogP contribution in [0.4, 0.5) is 0 Å². The smallest absolute Gasteiger partial charge is 0.326 e. The Kier molecular flexibility index (Phi) is 5.51. The minimum absolute atomic E-state index is 0.199. The van der Waals surface area contributed by atoms with Crippen LogP contribution < -0.4 is 5.32 Å². The number of carbonyl (C=O) groups is 2. The maximum absolute atomic E-state index is 12.1. The van der Waals surface area contributed by atoms with E-state index in [0.717, 1.165) is 0 Å². The first kappa shape index (κ1) is 15.2. The van der Waals surface area contributed by atoms with Crippen molar-refractivity contribution in [1.82, 2.24) is 5.32 Å². The summed E-state index contributed by atoms with van der Waals surface area (Å²) in [6.45, 7) is 3.48. The molecule has 19 heavy (non-hydrogen) atoms. The Bertz CT molecular complexity index is 430. The van der Waals surface area contributed by atoms with Crippen LogP contribution in [0, 0.1) is 5.92 Å². The van der Waals surface area contributed by atoms with E-state index in [-0.39, 0.29) is 5.92 Å². The molecule has 104 valence electrons. The lowest BCUT2D eigenvalue weighted by molar-refractivity contribution is -0.145. The highest BCUT2D eigenvalue weighted by atomic mass is 16.5. The predicted molar refractivity (Wildman–Crippen MR) is 70.6 cm³/mol. The molecule has 1 unspecified atom stereocenters. The molecule has 5 heteroatoms. The number of nitrogens with one attached hydrogen (secondary N) is 1. The van der Waals surface area contributed by atoms with Crippen molar-refractivity contribution in [1.29, 1.82) is 0 Å². The fourth-order valence-corrected chi connectivity index (χ4v) is 1.76. The van der Waals surface area contributed by atoms with E-state index in [0.29, 0.717) is 5.56 Å². The highest BCUT2D eigenvalue weighted by Gasteiger charge is 2.28. The first-order valence-electron chi connectivity index (χ1n) is 6.08. The topological polar surface area (TPSA) is 75.6 Å². The number of carbonyl (C=O) groups excluding carboxylic acids is 1. The molecule has 0 fully saturated rings. The van der Waals surface area contributed by atoms with Gasteiger partial charge in [0.25, 0.3) is 5.91 Å². The van der Waals surface area contributed by atoms with E-state index in [2.05, 4.69) is 5.32 Å². The van der Waals surface area contributed by atoms with Gasteiger partial charge in [0.05, 0.1) is 0 Å². The zero-order chi connectivity index (χ0) is 14.4. The van der Waals surface area contributed by atoms with Gasteiger partial charge in [0.2, 0.25) is 0 Å². The van der Waals surface area contributed by atoms with Gasteiger partial charge in [0, 0.05) is 7.11 Å². The van der Waals surface area contributed by atoms with Gasteiger partial charge in [-0.05, 0) is 11.5 Å². The van der Waals surface area contributed by atoms with Gasteiger partial charge in [-0.3, -0.25) is 4.79 Å². The molecule has 2 atom stereocenters. The molecule has 2 N–H and O–H groups in total. The summed E-state index contributed by atoms with van der Waals surface area (Å²) in [5, 5.41) is 11.6. The number of methoxy groups -OCH3 is 1. The Morgan fingerprint density at radius 3 is 2.21 bits per heavy atom. The predicted octanol–water partition coefficient (Wildman–Crippen LogP) is 1.60. The van der Waals surface area contributed by atoms with E-state index in [9.17, 15) is 9.59 Å². The number of hydrogen-bond acceptors (Lipinski definition) is 3. The van der Waals surface area contributed by atoms with Gasteiger partial charge in [0.15, 0.2) is 6.10 Å². The second-order valence-electron chi connectivity index (χ2n) is 4.59. The highest BCUT2D eigenvalue weighted by molar-refractivity contribution is 5.87. The van der Waals surface area contributed by atoms with Crippen LogP contribution in [-0.2, 0) is 14.3 Å². The van der Waals surface area contributed by atoms with Gasteiger partial charge in [0.1, 0.15) is 6.04 Å². The van der Waals surface area contributed by atoms with E-state index < -0.39 is 24.0 Å². The Morgan fingerprint density at radius 1 is 1.21 bits per heavy atom. The summed E-state index contributed by atoms with van der Waals surface area (Å²) < 4.78 is 5.15. The molecule has 5 nitrogen and oxygen atoms in total. The molecule has 1 amide bonds. The Balaban J connectivity index is 2.83. The van der Waals surface area contributed by atoms with Crippen LogP contribution >= 0.6 is 0 Å². The molecular weight excluding hydrogens is 246 g/mol. The van der Waals surface area contributed by atoms with Crippen molar-refractivity contribution in [3.63, 3.8) is 0 Å². The average Bonchev–Trinajstić information content (AvgIpc) is 2.37. The zero-order valence-corrected chi connectivity index (χ0v) is 11.3. The first-order valence-corrected chi connectivity index (χ1v) is 6.08. The molecule has 0 bridgehead atoms. The van der Waals surface area contributed by atoms with E-state index in [1.165, 1.54) is 7.11 Å². The van der Waals surface area contributed by atoms with Gasteiger partial charge in [-0.1, -0.05) is 44.2 Å². The van der Waals surface area contributed by atoms with Crippen molar-refractivity contribution >= 4 is 11.9 Å². The lowest BCUT2D eigenvalue weighted by atomic mass is 10.0. The molecule has 0 aliphatic carbocycles. The summed E-state index contributed by atoms with van der Waals surface area (Å²) in [5.41, 5.74) is 0.690. The van der Waals surface area contributed by atoms with Crippen molar-refractivity contribution < 1.29 is 19.4 Å². The van der Waals surface area contributed by atoms with Gasteiger partial charge in [-0.25, -0.2) is 4.79 Å². The van der Waals surface area contributed by atoms with E-state index in [4.69, 9.17) is 9.84 Å². The molecular formula is C14H19NO4. The fraction of sp³-hybridized carbons (Fsp3) is 0.429. The van der Waals surface area contributed by atoms with Gasteiger partial charge in [-0.15, -0.1) is 0 Å². The van der Waals surface area contributed by atoms with Crippen LogP contribution in [0.5, 0.6) is 0 Å². The van der Waals surface area contributed by atoms with Gasteiger partial charge >= 0.3 is 5.97 Å². The summed E-state index contributed by atoms with van der Waals surface area (Å²) >= 11 is 0. The van der Waals surface area contributed by atoms with Crippen molar-refractivity contribution in [2.75, 3.05) is 7.11 Å². The third-order valence-electron chi connectivity index (χ3n) is 2.81. The quantitative estimate of drug-likeness (QED) is 0.819. The molecule has 1 rings (SSSR count). The molecule has 0 spiro atoms. The lowest BCUT2D eigenvalue weighted by Gasteiger charge is -2.21. The molecule has 0 heterocycles. The SMILES string of the molecule is CO[C@@H](C(=O)NC(C(=O)O)C(C)C)c1ccccc1. The lowest BCUT2D eigenvalue weighted by Crippen LogP contribution is -2.46. The molecule has 1 aromatic carbocycles. The molecule has 0 aliphatic rings. The van der Waals surface area contributed by atoms with Gasteiger partial charge < -0.3 is 15.2 Å². The molecule has 0 saturated heterocycles. The normalized spacial score (nSPS) is 13.9. The van der Waals surface area contributed by atoms with Crippen LogP contribution in [0.1, 0.15) is 25.5 Å². The monoisotopic (exact) mass is 265 g/mol. The maximum atomic E-state index is 12.1. The van der Waals surface area contributed by atoms with Crippen LogP contribution in [0.15, 0.2) is 30.3 Å². The van der Waals surface area contributed by atoms with Crippen molar-refractivity contribution in [3.8, 4) is 0 Å². The van der Waals surface area contributed by atoms with Crippen LogP contribution in [0.3, 0.4) is 0 Å². The zero-order valence-electron chi connectivity index (χ0n) is 11.3. The number of carboxylic acids is 1. The highest BCUT2D eigenvalue weighted by Crippen LogP contribution is 2.17. The minimum Gasteiger partial charge on any atom is -0.480 e. The van der Waals surface area contributed by atoms with Crippen LogP contribution in [0.2, 0.25) is 0 Å².